The molecule has 1 aliphatic carbocycles. The highest BCUT2D eigenvalue weighted by atomic mass is 16.2. The first-order valence-electron chi connectivity index (χ1n) is 7.52. The molecular formula is C15H28N2O. The molecule has 1 saturated heterocycles. The largest absolute Gasteiger partial charge is 0.353 e. The Balaban J connectivity index is 1.81. The highest BCUT2D eigenvalue weighted by Crippen LogP contribution is 2.35. The summed E-state index contributed by atoms with van der Waals surface area (Å²) in [6, 6.07) is 0.749. The fraction of sp³-hybridized carbons (Fsp3) is 0.933. The molecule has 0 bridgehead atoms. The van der Waals surface area contributed by atoms with E-state index in [0.717, 1.165) is 32.2 Å². The molecule has 3 heteroatoms. The predicted octanol–water partition coefficient (Wildman–Crippen LogP) is 2.46. The van der Waals surface area contributed by atoms with E-state index in [0.29, 0.717) is 17.5 Å². The number of hydrogen-bond donors (Lipinski definition) is 2. The third kappa shape index (κ3) is 3.47. The van der Waals surface area contributed by atoms with Gasteiger partial charge in [0.2, 0.25) is 5.91 Å². The molecule has 2 fully saturated rings. The van der Waals surface area contributed by atoms with Crippen LogP contribution >= 0.6 is 0 Å². The average Bonchev–Trinajstić information content (AvgIpc) is 2.32. The average molecular weight is 252 g/mol. The van der Waals surface area contributed by atoms with Crippen LogP contribution in [-0.2, 0) is 4.79 Å². The first-order valence-corrected chi connectivity index (χ1v) is 7.52. The van der Waals surface area contributed by atoms with Gasteiger partial charge in [0.25, 0.3) is 0 Å². The van der Waals surface area contributed by atoms with Crippen molar-refractivity contribution < 1.29 is 4.79 Å². The van der Waals surface area contributed by atoms with Gasteiger partial charge in [0.05, 0.1) is 5.92 Å². The highest BCUT2D eigenvalue weighted by Gasteiger charge is 2.31. The van der Waals surface area contributed by atoms with Crippen LogP contribution < -0.4 is 10.6 Å². The van der Waals surface area contributed by atoms with Crippen LogP contribution in [-0.4, -0.2) is 24.5 Å². The summed E-state index contributed by atoms with van der Waals surface area (Å²) in [7, 11) is 0. The van der Waals surface area contributed by atoms with Gasteiger partial charge in [0, 0.05) is 12.1 Å². The van der Waals surface area contributed by atoms with E-state index in [1.165, 1.54) is 12.8 Å². The van der Waals surface area contributed by atoms with Crippen molar-refractivity contribution in [3.8, 4) is 0 Å². The zero-order chi connectivity index (χ0) is 13.2. The second kappa shape index (κ2) is 5.60. The molecule has 0 radical (unpaired) electrons. The summed E-state index contributed by atoms with van der Waals surface area (Å²) in [5, 5.41) is 6.68. The maximum Gasteiger partial charge on any atom is 0.224 e. The van der Waals surface area contributed by atoms with Gasteiger partial charge in [-0.1, -0.05) is 13.8 Å². The number of nitrogens with one attached hydrogen (secondary N) is 2. The van der Waals surface area contributed by atoms with Crippen LogP contribution in [0.1, 0.15) is 59.3 Å². The van der Waals surface area contributed by atoms with E-state index in [-0.39, 0.29) is 11.8 Å². The quantitative estimate of drug-likeness (QED) is 0.792. The van der Waals surface area contributed by atoms with Crippen LogP contribution in [0.5, 0.6) is 0 Å². The lowest BCUT2D eigenvalue weighted by molar-refractivity contribution is -0.127. The molecule has 0 aromatic carbocycles. The fourth-order valence-electron chi connectivity index (χ4n) is 3.25. The van der Waals surface area contributed by atoms with Gasteiger partial charge < -0.3 is 10.6 Å². The number of hydrogen-bond acceptors (Lipinski definition) is 2. The van der Waals surface area contributed by atoms with Crippen LogP contribution in [0, 0.1) is 11.3 Å². The molecule has 104 valence electrons. The normalized spacial score (nSPS) is 33.1. The Morgan fingerprint density at radius 3 is 2.50 bits per heavy atom. The van der Waals surface area contributed by atoms with Gasteiger partial charge in [0.15, 0.2) is 0 Å². The summed E-state index contributed by atoms with van der Waals surface area (Å²) >= 11 is 0. The summed E-state index contributed by atoms with van der Waals surface area (Å²) in [6.45, 7) is 7.85. The third-order valence-corrected chi connectivity index (χ3v) is 4.78. The Kier molecular flexibility index (Phi) is 4.31. The number of amides is 1. The molecule has 2 aliphatic rings. The zero-order valence-electron chi connectivity index (χ0n) is 12.1. The van der Waals surface area contributed by atoms with Crippen molar-refractivity contribution in [1.82, 2.24) is 10.6 Å². The van der Waals surface area contributed by atoms with E-state index >= 15 is 0 Å². The summed E-state index contributed by atoms with van der Waals surface area (Å²) in [5.41, 5.74) is 0.473. The van der Waals surface area contributed by atoms with E-state index in [1.807, 2.05) is 0 Å². The summed E-state index contributed by atoms with van der Waals surface area (Å²) in [6.07, 6.45) is 6.92. The Bertz CT molecular complexity index is 291. The lowest BCUT2D eigenvalue weighted by Crippen LogP contribution is -2.49. The van der Waals surface area contributed by atoms with Crippen molar-refractivity contribution in [1.29, 1.82) is 0 Å². The van der Waals surface area contributed by atoms with Crippen molar-refractivity contribution in [3.63, 3.8) is 0 Å². The number of carbonyl (C=O) groups is 1. The van der Waals surface area contributed by atoms with E-state index in [2.05, 4.69) is 31.4 Å². The molecule has 1 amide bonds. The van der Waals surface area contributed by atoms with Crippen LogP contribution in [0.25, 0.3) is 0 Å². The Morgan fingerprint density at radius 1 is 1.22 bits per heavy atom. The molecule has 2 N–H and O–H groups in total. The molecular weight excluding hydrogens is 224 g/mol. The minimum absolute atomic E-state index is 0.175. The van der Waals surface area contributed by atoms with Crippen LogP contribution in [0.15, 0.2) is 0 Å². The van der Waals surface area contributed by atoms with Gasteiger partial charge in [-0.2, -0.15) is 0 Å². The molecule has 1 heterocycles. The van der Waals surface area contributed by atoms with E-state index in [9.17, 15) is 4.79 Å². The molecule has 2 rings (SSSR count). The minimum atomic E-state index is 0.175. The van der Waals surface area contributed by atoms with Crippen molar-refractivity contribution in [2.24, 2.45) is 11.3 Å². The predicted molar refractivity (Wildman–Crippen MR) is 74.4 cm³/mol. The maximum absolute atomic E-state index is 12.3. The zero-order valence-corrected chi connectivity index (χ0v) is 12.1. The van der Waals surface area contributed by atoms with E-state index in [1.54, 1.807) is 0 Å². The Labute approximate surface area is 111 Å². The van der Waals surface area contributed by atoms with E-state index < -0.39 is 0 Å². The smallest absolute Gasteiger partial charge is 0.224 e. The van der Waals surface area contributed by atoms with Crippen LogP contribution in [0.4, 0.5) is 0 Å². The standard InChI is InChI=1S/C15H28N2O/c1-11-13(5-4-10-16-11)14(18)17-12-6-8-15(2,3)9-7-12/h11-13,16H,4-10H2,1-3H3,(H,17,18). The fourth-order valence-corrected chi connectivity index (χ4v) is 3.25. The maximum atomic E-state index is 12.3. The summed E-state index contributed by atoms with van der Waals surface area (Å²) in [5.74, 6) is 0.452. The lowest BCUT2D eigenvalue weighted by atomic mass is 9.75. The monoisotopic (exact) mass is 252 g/mol. The second-order valence-corrected chi connectivity index (χ2v) is 6.94. The molecule has 3 nitrogen and oxygen atoms in total. The number of piperidine rings is 1. The van der Waals surface area contributed by atoms with Crippen LogP contribution in [0.3, 0.4) is 0 Å². The summed E-state index contributed by atoms with van der Waals surface area (Å²) in [4.78, 5) is 12.3. The minimum Gasteiger partial charge on any atom is -0.353 e. The first kappa shape index (κ1) is 13.9. The van der Waals surface area contributed by atoms with Gasteiger partial charge in [-0.25, -0.2) is 0 Å². The van der Waals surface area contributed by atoms with Crippen molar-refractivity contribution in [3.05, 3.63) is 0 Å². The molecule has 2 atom stereocenters. The molecule has 1 saturated carbocycles. The van der Waals surface area contributed by atoms with Gasteiger partial charge in [0.1, 0.15) is 0 Å². The van der Waals surface area contributed by atoms with Gasteiger partial charge >= 0.3 is 0 Å². The molecule has 18 heavy (non-hydrogen) atoms. The number of carbonyl (C=O) groups excluding carboxylic acids is 1. The van der Waals surface area contributed by atoms with E-state index in [4.69, 9.17) is 0 Å². The Hall–Kier alpha value is -0.570. The van der Waals surface area contributed by atoms with Gasteiger partial charge in [-0.15, -0.1) is 0 Å². The van der Waals surface area contributed by atoms with Crippen molar-refractivity contribution in [2.75, 3.05) is 6.54 Å². The molecule has 0 aromatic rings. The second-order valence-electron chi connectivity index (χ2n) is 6.94. The SMILES string of the molecule is CC1NCCCC1C(=O)NC1CCC(C)(C)CC1. The summed E-state index contributed by atoms with van der Waals surface area (Å²) < 4.78 is 0. The lowest BCUT2D eigenvalue weighted by Gasteiger charge is -2.36. The van der Waals surface area contributed by atoms with Crippen LogP contribution in [0.2, 0.25) is 0 Å². The topological polar surface area (TPSA) is 41.1 Å². The molecule has 1 aliphatic heterocycles. The van der Waals surface area contributed by atoms with Crippen molar-refractivity contribution in [2.45, 2.75) is 71.4 Å². The number of rotatable bonds is 2. The highest BCUT2D eigenvalue weighted by molar-refractivity contribution is 5.79. The first-order chi connectivity index (χ1) is 8.48. The molecule has 0 aromatic heterocycles. The Morgan fingerprint density at radius 2 is 1.89 bits per heavy atom. The van der Waals surface area contributed by atoms with Gasteiger partial charge in [-0.3, -0.25) is 4.79 Å². The van der Waals surface area contributed by atoms with Gasteiger partial charge in [-0.05, 0) is 57.4 Å². The third-order valence-electron chi connectivity index (χ3n) is 4.78. The molecule has 0 spiro atoms. The molecule has 2 unspecified atom stereocenters. The van der Waals surface area contributed by atoms with Crippen molar-refractivity contribution >= 4 is 5.91 Å².